The summed E-state index contributed by atoms with van der Waals surface area (Å²) in [5, 5.41) is 9.61. The Kier molecular flexibility index (Phi) is 12.2. The van der Waals surface area contributed by atoms with Gasteiger partial charge in [0.1, 0.15) is 0 Å². The van der Waals surface area contributed by atoms with Crippen LogP contribution >= 0.6 is 0 Å². The molecule has 88 heavy (non-hydrogen) atoms. The Balaban J connectivity index is 0.931. The maximum atomic E-state index is 7.40. The third kappa shape index (κ3) is 8.58. The first-order valence-corrected chi connectivity index (χ1v) is 33.4. The van der Waals surface area contributed by atoms with Gasteiger partial charge in [-0.1, -0.05) is 22.3 Å². The molecule has 2 aliphatic rings. The number of ether oxygens (including phenoxy) is 2. The normalized spacial score (nSPS) is 12.6. The summed E-state index contributed by atoms with van der Waals surface area (Å²) in [7, 11) is 0. The van der Waals surface area contributed by atoms with Gasteiger partial charge in [0.05, 0.1) is 0 Å². The van der Waals surface area contributed by atoms with Crippen molar-refractivity contribution in [2.24, 2.45) is 0 Å². The molecule has 0 bridgehead atoms. The van der Waals surface area contributed by atoms with E-state index in [1.165, 1.54) is 72.0 Å². The molecule has 422 valence electrons. The van der Waals surface area contributed by atoms with Crippen LogP contribution in [-0.4, -0.2) is 29.0 Å². The molecular formula is C80H58N4O2Se2. The van der Waals surface area contributed by atoms with Crippen molar-refractivity contribution < 1.29 is 9.47 Å². The molecule has 0 atom stereocenters. The Morgan fingerprint density at radius 1 is 0.250 bits per heavy atom. The van der Waals surface area contributed by atoms with E-state index in [0.717, 1.165) is 113 Å². The molecule has 17 rings (SSSR count). The SMILES string of the molecule is Cc1ccc(N(c2ccc(C)cc2)c2ccc3c(c2)Oc2cc4c(cc2N3c2c3ccc(C)cc3c(N3c5ccc(N(c6ccc(C)cc6)c6ccc(C)cc6)cc5Oc5cc6c(cc53)[se]c3ccccc36)c3ccc(C)cc23)[se]c2ccccc24)cc1. The van der Waals surface area contributed by atoms with E-state index in [1.807, 2.05) is 0 Å². The molecule has 2 aromatic heterocycles. The van der Waals surface area contributed by atoms with Crippen LogP contribution in [0.25, 0.3) is 60.1 Å². The number of rotatable bonds is 8. The van der Waals surface area contributed by atoms with Gasteiger partial charge in [-0.3, -0.25) is 0 Å². The summed E-state index contributed by atoms with van der Waals surface area (Å²) in [5.41, 5.74) is 19.7. The Morgan fingerprint density at radius 3 is 0.955 bits per heavy atom. The first-order chi connectivity index (χ1) is 43.0. The number of benzene rings is 13. The molecule has 0 radical (unpaired) electrons. The number of hydrogen-bond acceptors (Lipinski definition) is 6. The molecule has 4 heterocycles. The Hall–Kier alpha value is -9.78. The molecule has 0 N–H and O–H groups in total. The molecule has 0 saturated carbocycles. The van der Waals surface area contributed by atoms with Crippen LogP contribution in [0.15, 0.2) is 243 Å². The number of hydrogen-bond donors (Lipinski definition) is 0. The van der Waals surface area contributed by atoms with E-state index in [2.05, 4.69) is 304 Å². The van der Waals surface area contributed by atoms with E-state index in [0.29, 0.717) is 0 Å². The van der Waals surface area contributed by atoms with Gasteiger partial charge in [-0.2, -0.15) is 0 Å². The van der Waals surface area contributed by atoms with Gasteiger partial charge in [-0.05, 0) is 27.7 Å². The first kappa shape index (κ1) is 52.5. The third-order valence-electron chi connectivity index (χ3n) is 17.7. The number of aryl methyl sites for hydroxylation is 6. The predicted molar refractivity (Wildman–Crippen MR) is 373 cm³/mol. The predicted octanol–water partition coefficient (Wildman–Crippen LogP) is 22.7. The van der Waals surface area contributed by atoms with Gasteiger partial charge >= 0.3 is 477 Å². The van der Waals surface area contributed by atoms with Crippen LogP contribution in [0.5, 0.6) is 23.0 Å². The van der Waals surface area contributed by atoms with Crippen LogP contribution in [0.1, 0.15) is 33.4 Å². The molecule has 15 aromatic rings. The van der Waals surface area contributed by atoms with E-state index in [9.17, 15) is 0 Å². The number of nitrogens with zero attached hydrogens (tertiary/aromatic N) is 4. The van der Waals surface area contributed by atoms with Gasteiger partial charge in [0, 0.05) is 0 Å². The fourth-order valence-corrected chi connectivity index (χ4v) is 18.1. The topological polar surface area (TPSA) is 31.4 Å². The summed E-state index contributed by atoms with van der Waals surface area (Å²) in [6.07, 6.45) is 0. The molecule has 0 unspecified atom stereocenters. The summed E-state index contributed by atoms with van der Waals surface area (Å²) < 4.78 is 20.3. The summed E-state index contributed by atoms with van der Waals surface area (Å²) in [5.74, 6) is 3.22. The molecule has 0 aliphatic carbocycles. The second-order valence-electron chi connectivity index (χ2n) is 23.8. The summed E-state index contributed by atoms with van der Waals surface area (Å²) in [4.78, 5) is 9.75. The Labute approximate surface area is 523 Å². The van der Waals surface area contributed by atoms with Crippen molar-refractivity contribution in [2.75, 3.05) is 19.6 Å². The molecule has 13 aromatic carbocycles. The molecule has 0 amide bonds. The molecular weight excluding hydrogens is 1210 g/mol. The second kappa shape index (κ2) is 20.4. The zero-order valence-electron chi connectivity index (χ0n) is 49.5. The van der Waals surface area contributed by atoms with Crippen molar-refractivity contribution in [3.63, 3.8) is 0 Å². The van der Waals surface area contributed by atoms with Gasteiger partial charge < -0.3 is 0 Å². The molecule has 6 nitrogen and oxygen atoms in total. The van der Waals surface area contributed by atoms with Crippen molar-refractivity contribution in [1.29, 1.82) is 0 Å². The van der Waals surface area contributed by atoms with E-state index in [4.69, 9.17) is 9.47 Å². The van der Waals surface area contributed by atoms with Crippen molar-refractivity contribution in [1.82, 2.24) is 0 Å². The van der Waals surface area contributed by atoms with Gasteiger partial charge in [-0.25, -0.2) is 0 Å². The minimum atomic E-state index is 0.109. The van der Waals surface area contributed by atoms with Gasteiger partial charge in [0.25, 0.3) is 0 Å². The average Bonchev–Trinajstić information content (AvgIpc) is 1.07. The standard InChI is InChI=1S/C80H58N4O2Se2/c1-47-15-25-53(26-16-47)81(54-27-17-48(2)18-28-54)57-33-37-67-71(41-57)85-73-43-63-59-11-7-9-13-75(59)87-77(63)45-69(73)83(67)79-61-35-23-52(6)40-66(61)80(62-36-24-51(5)39-65(62)79)84-68-38-34-58(82(55-29-19-49(3)20-30-55)56-31-21-50(4)22-32-56)42-72(68)86-74-44-64-60-12-8-10-14-76(60)88-78(64)46-70(74)84/h7-46H,1-6H3. The average molecular weight is 1270 g/mol. The molecule has 2 aliphatic heterocycles. The molecule has 0 fully saturated rings. The van der Waals surface area contributed by atoms with Crippen LogP contribution < -0.4 is 29.1 Å². The Morgan fingerprint density at radius 2 is 0.580 bits per heavy atom. The zero-order valence-corrected chi connectivity index (χ0v) is 52.9. The molecule has 8 heteroatoms. The van der Waals surface area contributed by atoms with Crippen molar-refractivity contribution >= 4 is 157 Å². The fourth-order valence-electron chi connectivity index (χ4n) is 13.4. The Bertz CT molecular complexity index is 4930. The maximum absolute atomic E-state index is 7.40. The van der Waals surface area contributed by atoms with Crippen molar-refractivity contribution in [3.05, 3.63) is 276 Å². The second-order valence-corrected chi connectivity index (χ2v) is 28.4. The summed E-state index contributed by atoms with van der Waals surface area (Å²) in [6, 6.07) is 90.3. The van der Waals surface area contributed by atoms with E-state index in [-0.39, 0.29) is 29.0 Å². The van der Waals surface area contributed by atoms with Gasteiger partial charge in [0.15, 0.2) is 0 Å². The number of fused-ring (bicyclic) bond motifs is 12. The van der Waals surface area contributed by atoms with Gasteiger partial charge in [-0.15, -0.1) is 0 Å². The third-order valence-corrected chi connectivity index (χ3v) is 22.5. The summed E-state index contributed by atoms with van der Waals surface area (Å²) >= 11 is 0.219. The zero-order chi connectivity index (χ0) is 59.1. The van der Waals surface area contributed by atoms with Crippen LogP contribution in [-0.2, 0) is 0 Å². The van der Waals surface area contributed by atoms with E-state index in [1.54, 1.807) is 0 Å². The molecule has 0 spiro atoms. The minimum absolute atomic E-state index is 0.109. The number of anilines is 12. The van der Waals surface area contributed by atoms with Crippen LogP contribution in [0.3, 0.4) is 0 Å². The van der Waals surface area contributed by atoms with E-state index >= 15 is 0 Å². The molecule has 0 saturated heterocycles. The van der Waals surface area contributed by atoms with Crippen LogP contribution in [0.4, 0.5) is 68.2 Å². The van der Waals surface area contributed by atoms with Gasteiger partial charge in [0.2, 0.25) is 0 Å². The van der Waals surface area contributed by atoms with Crippen LogP contribution in [0.2, 0.25) is 0 Å². The van der Waals surface area contributed by atoms with Crippen molar-refractivity contribution in [2.45, 2.75) is 41.5 Å². The first-order valence-electron chi connectivity index (χ1n) is 30.0. The fraction of sp³-hybridized carbons (Fsp3) is 0.0750. The monoisotopic (exact) mass is 1270 g/mol. The van der Waals surface area contributed by atoms with E-state index < -0.39 is 0 Å². The van der Waals surface area contributed by atoms with Crippen LogP contribution in [0, 0.1) is 41.5 Å². The summed E-state index contributed by atoms with van der Waals surface area (Å²) in [6.45, 7) is 13.0. The quantitative estimate of drug-likeness (QED) is 0.111. The van der Waals surface area contributed by atoms with Crippen molar-refractivity contribution in [3.8, 4) is 23.0 Å².